The van der Waals surface area contributed by atoms with Crippen LogP contribution in [0.25, 0.3) is 0 Å². The molecule has 0 atom stereocenters. The predicted molar refractivity (Wildman–Crippen MR) is 71.7 cm³/mol. The van der Waals surface area contributed by atoms with Crippen LogP contribution in [0.4, 0.5) is 0 Å². The monoisotopic (exact) mass is 274 g/mol. The molecule has 7 heteroatoms. The molecule has 6 nitrogen and oxygen atoms in total. The van der Waals surface area contributed by atoms with Gasteiger partial charge in [-0.25, -0.2) is 18.1 Å². The van der Waals surface area contributed by atoms with Crippen LogP contribution in [0.2, 0.25) is 0 Å². The zero-order valence-corrected chi connectivity index (χ0v) is 12.2. The molecule has 0 fully saturated rings. The minimum absolute atomic E-state index is 0.517. The number of nitrogens with zero attached hydrogens (tertiary/aromatic N) is 2. The third-order valence-corrected chi connectivity index (χ3v) is 3.38. The fourth-order valence-electron chi connectivity index (χ4n) is 1.82. The van der Waals surface area contributed by atoms with Crippen molar-refractivity contribution in [1.29, 1.82) is 0 Å². The van der Waals surface area contributed by atoms with Crippen LogP contribution in [-0.2, 0) is 23.1 Å². The third-order valence-electron chi connectivity index (χ3n) is 2.45. The van der Waals surface area contributed by atoms with Gasteiger partial charge in [-0.2, -0.15) is 0 Å². The number of hydrogen-bond donors (Lipinski definition) is 2. The number of sulfonamides is 1. The van der Waals surface area contributed by atoms with E-state index in [0.29, 0.717) is 13.1 Å². The first-order valence-electron chi connectivity index (χ1n) is 5.93. The first-order valence-corrected chi connectivity index (χ1v) is 7.82. The number of nitrogens with one attached hydrogen (secondary N) is 2. The van der Waals surface area contributed by atoms with Crippen molar-refractivity contribution >= 4 is 10.0 Å². The van der Waals surface area contributed by atoms with Gasteiger partial charge >= 0.3 is 0 Å². The van der Waals surface area contributed by atoms with E-state index >= 15 is 0 Å². The maximum absolute atomic E-state index is 11.2. The Morgan fingerprint density at radius 3 is 2.67 bits per heavy atom. The highest BCUT2D eigenvalue weighted by atomic mass is 32.2. The summed E-state index contributed by atoms with van der Waals surface area (Å²) >= 11 is 0. The highest BCUT2D eigenvalue weighted by Crippen LogP contribution is 2.03. The van der Waals surface area contributed by atoms with Gasteiger partial charge in [-0.1, -0.05) is 0 Å². The van der Waals surface area contributed by atoms with Crippen LogP contribution in [0.5, 0.6) is 0 Å². The van der Waals surface area contributed by atoms with Gasteiger partial charge in [-0.05, 0) is 20.8 Å². The fraction of sp³-hybridized carbons (Fsp3) is 0.727. The summed E-state index contributed by atoms with van der Waals surface area (Å²) in [4.78, 5) is 4.24. The summed E-state index contributed by atoms with van der Waals surface area (Å²) in [5.41, 5.74) is -0.517. The summed E-state index contributed by atoms with van der Waals surface area (Å²) in [5, 5.41) is 3.22. The highest BCUT2D eigenvalue weighted by molar-refractivity contribution is 7.88. The van der Waals surface area contributed by atoms with Gasteiger partial charge in [0.1, 0.15) is 5.82 Å². The number of aromatic nitrogens is 2. The molecule has 2 N–H and O–H groups in total. The average Bonchev–Trinajstić information content (AvgIpc) is 2.61. The summed E-state index contributed by atoms with van der Waals surface area (Å²) in [7, 11) is -3.19. The Labute approximate surface area is 109 Å². The second kappa shape index (κ2) is 5.81. The molecule has 0 spiro atoms. The number of hydrogen-bond acceptors (Lipinski definition) is 4. The van der Waals surface area contributed by atoms with Crippen LogP contribution in [0.15, 0.2) is 12.4 Å². The topological polar surface area (TPSA) is 76.0 Å². The molecule has 0 aliphatic carbocycles. The molecule has 1 aromatic heterocycles. The smallest absolute Gasteiger partial charge is 0.209 e. The first kappa shape index (κ1) is 15.1. The fourth-order valence-corrected chi connectivity index (χ4v) is 2.90. The maximum atomic E-state index is 11.2. The Balaban J connectivity index is 2.46. The van der Waals surface area contributed by atoms with Crippen molar-refractivity contribution in [3.63, 3.8) is 0 Å². The van der Waals surface area contributed by atoms with Gasteiger partial charge in [0.2, 0.25) is 10.0 Å². The zero-order chi connectivity index (χ0) is 13.8. The van der Waals surface area contributed by atoms with Crippen molar-refractivity contribution in [1.82, 2.24) is 19.6 Å². The molecule has 1 heterocycles. The lowest BCUT2D eigenvalue weighted by atomic mass is 10.1. The second-order valence-corrected chi connectivity index (χ2v) is 6.74. The highest BCUT2D eigenvalue weighted by Gasteiger charge is 2.21. The quantitative estimate of drug-likeness (QED) is 0.751. The Kier molecular flexibility index (Phi) is 4.89. The molecule has 0 radical (unpaired) electrons. The molecule has 0 unspecified atom stereocenters. The SMILES string of the molecule is CCn1ccnc1CNCC(C)(C)NS(C)(=O)=O. The van der Waals surface area contributed by atoms with Gasteiger partial charge in [0.25, 0.3) is 0 Å². The van der Waals surface area contributed by atoms with Crippen molar-refractivity contribution in [2.24, 2.45) is 0 Å². The van der Waals surface area contributed by atoms with E-state index in [1.54, 1.807) is 6.20 Å². The standard InChI is InChI=1S/C11H22N4O2S/c1-5-15-7-6-13-10(15)8-12-9-11(2,3)14-18(4,16)17/h6-7,12,14H,5,8-9H2,1-4H3. The lowest BCUT2D eigenvalue weighted by Crippen LogP contribution is -2.49. The van der Waals surface area contributed by atoms with Crippen molar-refractivity contribution in [3.05, 3.63) is 18.2 Å². The number of aryl methyl sites for hydroxylation is 1. The van der Waals surface area contributed by atoms with Gasteiger partial charge in [0.15, 0.2) is 0 Å². The van der Waals surface area contributed by atoms with E-state index in [9.17, 15) is 8.42 Å². The summed E-state index contributed by atoms with van der Waals surface area (Å²) in [6.45, 7) is 7.77. The molecule has 0 saturated carbocycles. The van der Waals surface area contributed by atoms with Gasteiger partial charge in [-0.3, -0.25) is 0 Å². The van der Waals surface area contributed by atoms with Crippen LogP contribution in [0, 0.1) is 0 Å². The minimum Gasteiger partial charge on any atom is -0.334 e. The van der Waals surface area contributed by atoms with E-state index in [1.165, 1.54) is 6.26 Å². The van der Waals surface area contributed by atoms with Crippen molar-refractivity contribution in [3.8, 4) is 0 Å². The van der Waals surface area contributed by atoms with Gasteiger partial charge < -0.3 is 9.88 Å². The lowest BCUT2D eigenvalue weighted by molar-refractivity contribution is 0.416. The molecule has 1 aromatic rings. The number of imidazole rings is 1. The Morgan fingerprint density at radius 2 is 2.11 bits per heavy atom. The minimum atomic E-state index is -3.19. The van der Waals surface area contributed by atoms with E-state index in [1.807, 2.05) is 24.6 Å². The largest absolute Gasteiger partial charge is 0.334 e. The Hall–Kier alpha value is -0.920. The van der Waals surface area contributed by atoms with Gasteiger partial charge in [-0.15, -0.1) is 0 Å². The number of rotatable bonds is 7. The van der Waals surface area contributed by atoms with Crippen LogP contribution in [0.1, 0.15) is 26.6 Å². The Morgan fingerprint density at radius 1 is 1.44 bits per heavy atom. The molecule has 0 saturated heterocycles. The molecule has 18 heavy (non-hydrogen) atoms. The molecule has 0 aromatic carbocycles. The van der Waals surface area contributed by atoms with E-state index in [4.69, 9.17) is 0 Å². The van der Waals surface area contributed by atoms with E-state index in [2.05, 4.69) is 21.9 Å². The molecular weight excluding hydrogens is 252 g/mol. The van der Waals surface area contributed by atoms with Crippen LogP contribution < -0.4 is 10.0 Å². The molecule has 0 amide bonds. The van der Waals surface area contributed by atoms with Crippen LogP contribution in [0.3, 0.4) is 0 Å². The van der Waals surface area contributed by atoms with Gasteiger partial charge in [0, 0.05) is 31.0 Å². The average molecular weight is 274 g/mol. The zero-order valence-electron chi connectivity index (χ0n) is 11.4. The third kappa shape index (κ3) is 5.16. The van der Waals surface area contributed by atoms with Crippen molar-refractivity contribution < 1.29 is 8.42 Å². The first-order chi connectivity index (χ1) is 8.23. The van der Waals surface area contributed by atoms with Crippen LogP contribution >= 0.6 is 0 Å². The normalized spacial score (nSPS) is 12.9. The Bertz CT molecular complexity index is 479. The maximum Gasteiger partial charge on any atom is 0.209 e. The van der Waals surface area contributed by atoms with E-state index in [-0.39, 0.29) is 0 Å². The van der Waals surface area contributed by atoms with Crippen LogP contribution in [-0.4, -0.2) is 36.3 Å². The molecule has 104 valence electrons. The van der Waals surface area contributed by atoms with E-state index in [0.717, 1.165) is 12.4 Å². The molecule has 1 rings (SSSR count). The molecule has 0 aliphatic heterocycles. The van der Waals surface area contributed by atoms with Gasteiger partial charge in [0.05, 0.1) is 12.8 Å². The lowest BCUT2D eigenvalue weighted by Gasteiger charge is -2.25. The second-order valence-electron chi connectivity index (χ2n) is 4.99. The molecule has 0 bridgehead atoms. The van der Waals surface area contributed by atoms with Crippen molar-refractivity contribution in [2.45, 2.75) is 39.4 Å². The summed E-state index contributed by atoms with van der Waals surface area (Å²) < 4.78 is 27.0. The summed E-state index contributed by atoms with van der Waals surface area (Å²) in [6.07, 6.45) is 4.86. The van der Waals surface area contributed by atoms with Crippen molar-refractivity contribution in [2.75, 3.05) is 12.8 Å². The summed E-state index contributed by atoms with van der Waals surface area (Å²) in [6, 6.07) is 0. The van der Waals surface area contributed by atoms with E-state index < -0.39 is 15.6 Å². The molecule has 0 aliphatic rings. The molecular formula is C11H22N4O2S. The summed E-state index contributed by atoms with van der Waals surface area (Å²) in [5.74, 6) is 0.952. The predicted octanol–water partition coefficient (Wildman–Crippen LogP) is 0.320.